The van der Waals surface area contributed by atoms with E-state index in [1.807, 2.05) is 0 Å². The molecule has 14 heavy (non-hydrogen) atoms. The molecule has 0 aliphatic heterocycles. The first-order valence-corrected chi connectivity index (χ1v) is 6.23. The Labute approximate surface area is 89.1 Å². The van der Waals surface area contributed by atoms with Crippen LogP contribution in [0.15, 0.2) is 16.8 Å². The van der Waals surface area contributed by atoms with Crippen LogP contribution >= 0.6 is 11.3 Å². The van der Waals surface area contributed by atoms with Crippen molar-refractivity contribution < 1.29 is 4.79 Å². The predicted molar refractivity (Wildman–Crippen MR) is 59.5 cm³/mol. The Morgan fingerprint density at radius 2 is 2.43 bits per heavy atom. The van der Waals surface area contributed by atoms with Gasteiger partial charge in [0.05, 0.1) is 0 Å². The number of thiophene rings is 1. The second kappa shape index (κ2) is 4.26. The van der Waals surface area contributed by atoms with Crippen molar-refractivity contribution in [2.75, 3.05) is 0 Å². The molecule has 0 saturated heterocycles. The highest BCUT2D eigenvalue weighted by molar-refractivity contribution is 7.07. The number of carbonyl (C=O) groups excluding carboxylic acids is 1. The van der Waals surface area contributed by atoms with Crippen LogP contribution in [0.5, 0.6) is 0 Å². The first kappa shape index (κ1) is 9.91. The van der Waals surface area contributed by atoms with Crippen LogP contribution in [0, 0.1) is 11.8 Å². The van der Waals surface area contributed by atoms with Gasteiger partial charge in [0.2, 0.25) is 0 Å². The fourth-order valence-electron chi connectivity index (χ4n) is 2.20. The lowest BCUT2D eigenvalue weighted by Crippen LogP contribution is -2.24. The molecule has 1 fully saturated rings. The van der Waals surface area contributed by atoms with E-state index in [1.165, 1.54) is 5.56 Å². The van der Waals surface area contributed by atoms with Crippen LogP contribution in [0.3, 0.4) is 0 Å². The van der Waals surface area contributed by atoms with Gasteiger partial charge in [0, 0.05) is 12.8 Å². The third-order valence-corrected chi connectivity index (χ3v) is 3.98. The second-order valence-corrected chi connectivity index (χ2v) is 5.13. The first-order valence-electron chi connectivity index (χ1n) is 5.28. The van der Waals surface area contributed by atoms with Crippen LogP contribution < -0.4 is 0 Å². The van der Waals surface area contributed by atoms with Crippen LogP contribution in [0.1, 0.15) is 31.7 Å². The van der Waals surface area contributed by atoms with Gasteiger partial charge in [-0.15, -0.1) is 0 Å². The maximum Gasteiger partial charge on any atom is 0.133 e. The van der Waals surface area contributed by atoms with Crippen molar-refractivity contribution in [1.82, 2.24) is 0 Å². The molecular weight excluding hydrogens is 192 g/mol. The summed E-state index contributed by atoms with van der Waals surface area (Å²) in [6.45, 7) is 2.28. The molecule has 0 bridgehead atoms. The van der Waals surface area contributed by atoms with Gasteiger partial charge in [-0.25, -0.2) is 0 Å². The number of Topliss-reactive ketones (excluding diaryl/α,β-unsaturated/α-hetero) is 1. The molecule has 2 heteroatoms. The molecule has 2 unspecified atom stereocenters. The Morgan fingerprint density at radius 1 is 1.57 bits per heavy atom. The predicted octanol–water partition coefficient (Wildman–Crippen LogP) is 3.30. The summed E-state index contributed by atoms with van der Waals surface area (Å²) in [6, 6.07) is 2.18. The lowest BCUT2D eigenvalue weighted by molar-refractivity contribution is -0.122. The van der Waals surface area contributed by atoms with Crippen molar-refractivity contribution in [3.05, 3.63) is 22.4 Å². The van der Waals surface area contributed by atoms with Crippen LogP contribution in [-0.2, 0) is 11.2 Å². The van der Waals surface area contributed by atoms with E-state index in [0.29, 0.717) is 17.6 Å². The Hall–Kier alpha value is -0.630. The number of ketones is 1. The molecule has 0 spiro atoms. The standard InChI is InChI=1S/C12H16OS/c1-9-2-3-12(13)7-11(9)6-10-4-5-14-8-10/h4-5,8-9,11H,2-3,6-7H2,1H3. The SMILES string of the molecule is CC1CCC(=O)CC1Cc1ccsc1. The molecule has 1 heterocycles. The smallest absolute Gasteiger partial charge is 0.133 e. The van der Waals surface area contributed by atoms with E-state index in [9.17, 15) is 4.79 Å². The van der Waals surface area contributed by atoms with Gasteiger partial charge in [-0.1, -0.05) is 6.92 Å². The van der Waals surface area contributed by atoms with Crippen LogP contribution in [-0.4, -0.2) is 5.78 Å². The van der Waals surface area contributed by atoms with E-state index in [1.54, 1.807) is 11.3 Å². The zero-order chi connectivity index (χ0) is 9.97. The fraction of sp³-hybridized carbons (Fsp3) is 0.583. The number of hydrogen-bond acceptors (Lipinski definition) is 2. The third-order valence-electron chi connectivity index (χ3n) is 3.25. The Bertz CT molecular complexity index is 302. The minimum Gasteiger partial charge on any atom is -0.300 e. The van der Waals surface area contributed by atoms with Crippen molar-refractivity contribution in [2.24, 2.45) is 11.8 Å². The molecular formula is C12H16OS. The molecule has 0 amide bonds. The third kappa shape index (κ3) is 2.24. The molecule has 1 aromatic rings. The van der Waals surface area contributed by atoms with Gasteiger partial charge < -0.3 is 0 Å². The number of rotatable bonds is 2. The van der Waals surface area contributed by atoms with Crippen molar-refractivity contribution >= 4 is 17.1 Å². The second-order valence-electron chi connectivity index (χ2n) is 4.35. The first-order chi connectivity index (χ1) is 6.75. The zero-order valence-electron chi connectivity index (χ0n) is 8.53. The zero-order valence-corrected chi connectivity index (χ0v) is 9.35. The summed E-state index contributed by atoms with van der Waals surface area (Å²) in [6.07, 6.45) is 3.79. The van der Waals surface area contributed by atoms with Crippen molar-refractivity contribution in [3.8, 4) is 0 Å². The lowest BCUT2D eigenvalue weighted by Gasteiger charge is -2.27. The normalized spacial score (nSPS) is 27.9. The quantitative estimate of drug-likeness (QED) is 0.729. The van der Waals surface area contributed by atoms with E-state index in [4.69, 9.17) is 0 Å². The highest BCUT2D eigenvalue weighted by Crippen LogP contribution is 2.30. The van der Waals surface area contributed by atoms with Gasteiger partial charge in [0.1, 0.15) is 5.78 Å². The van der Waals surface area contributed by atoms with Crippen molar-refractivity contribution in [1.29, 1.82) is 0 Å². The molecule has 1 nitrogen and oxygen atoms in total. The summed E-state index contributed by atoms with van der Waals surface area (Å²) in [7, 11) is 0. The minimum absolute atomic E-state index is 0.461. The van der Waals surface area contributed by atoms with Crippen molar-refractivity contribution in [3.63, 3.8) is 0 Å². The van der Waals surface area contributed by atoms with E-state index < -0.39 is 0 Å². The number of carbonyl (C=O) groups is 1. The summed E-state index contributed by atoms with van der Waals surface area (Å²) in [4.78, 5) is 11.4. The molecule has 2 atom stereocenters. The summed E-state index contributed by atoms with van der Waals surface area (Å²) in [5.74, 6) is 1.77. The van der Waals surface area contributed by atoms with Gasteiger partial charge in [-0.05, 0) is 47.1 Å². The van der Waals surface area contributed by atoms with Gasteiger partial charge in [0.15, 0.2) is 0 Å². The monoisotopic (exact) mass is 208 g/mol. The highest BCUT2D eigenvalue weighted by Gasteiger charge is 2.26. The molecule has 0 radical (unpaired) electrons. The molecule has 0 N–H and O–H groups in total. The summed E-state index contributed by atoms with van der Waals surface area (Å²) < 4.78 is 0. The van der Waals surface area contributed by atoms with Crippen LogP contribution in [0.4, 0.5) is 0 Å². The molecule has 0 aromatic carbocycles. The van der Waals surface area contributed by atoms with Gasteiger partial charge in [-0.3, -0.25) is 4.79 Å². The van der Waals surface area contributed by atoms with Crippen molar-refractivity contribution in [2.45, 2.75) is 32.6 Å². The maximum absolute atomic E-state index is 11.4. The molecule has 2 rings (SSSR count). The summed E-state index contributed by atoms with van der Waals surface area (Å²) in [5.41, 5.74) is 1.40. The van der Waals surface area contributed by atoms with E-state index in [2.05, 4.69) is 23.8 Å². The highest BCUT2D eigenvalue weighted by atomic mass is 32.1. The van der Waals surface area contributed by atoms with E-state index in [-0.39, 0.29) is 0 Å². The average molecular weight is 208 g/mol. The largest absolute Gasteiger partial charge is 0.300 e. The van der Waals surface area contributed by atoms with Gasteiger partial charge in [0.25, 0.3) is 0 Å². The van der Waals surface area contributed by atoms with Gasteiger partial charge >= 0.3 is 0 Å². The molecule has 1 saturated carbocycles. The molecule has 1 aliphatic carbocycles. The Morgan fingerprint density at radius 3 is 3.14 bits per heavy atom. The molecule has 1 aromatic heterocycles. The van der Waals surface area contributed by atoms with Gasteiger partial charge in [-0.2, -0.15) is 11.3 Å². The topological polar surface area (TPSA) is 17.1 Å². The molecule has 76 valence electrons. The minimum atomic E-state index is 0.461. The Kier molecular flexibility index (Phi) is 3.02. The van der Waals surface area contributed by atoms with Crippen LogP contribution in [0.2, 0.25) is 0 Å². The maximum atomic E-state index is 11.4. The summed E-state index contributed by atoms with van der Waals surface area (Å²) in [5, 5.41) is 4.32. The summed E-state index contributed by atoms with van der Waals surface area (Å²) >= 11 is 1.75. The van der Waals surface area contributed by atoms with Crippen LogP contribution in [0.25, 0.3) is 0 Å². The Balaban J connectivity index is 1.99. The van der Waals surface area contributed by atoms with E-state index in [0.717, 1.165) is 25.7 Å². The lowest BCUT2D eigenvalue weighted by atomic mass is 9.77. The number of hydrogen-bond donors (Lipinski definition) is 0. The molecule has 1 aliphatic rings. The average Bonchev–Trinajstić information content (AvgIpc) is 2.64. The fourth-order valence-corrected chi connectivity index (χ4v) is 2.89. The van der Waals surface area contributed by atoms with E-state index >= 15 is 0 Å².